The first-order valence-electron chi connectivity index (χ1n) is 10.4. The standard InChI is InChI=1S/C27H25N2.Ir/c1-17(2)19-13-9-14-20(18(3)4)26(19)25-16-28-27-23-12-6-5-10-21(23)22-11-7-8-15-24(22)29(25)27;/h5-11,13-18H,1-4H3;/q-1;. The molecule has 0 aliphatic heterocycles. The maximum atomic E-state index is 4.91. The van der Waals surface area contributed by atoms with Crippen molar-refractivity contribution < 1.29 is 20.1 Å². The molecule has 0 aliphatic carbocycles. The smallest absolute Gasteiger partial charge is 0.0639 e. The van der Waals surface area contributed by atoms with Gasteiger partial charge in [-0.25, -0.2) is 0 Å². The molecule has 1 radical (unpaired) electrons. The van der Waals surface area contributed by atoms with Gasteiger partial charge in [-0.15, -0.1) is 29.7 Å². The molecule has 0 bridgehead atoms. The molecule has 0 amide bonds. The fourth-order valence-corrected chi connectivity index (χ4v) is 4.54. The summed E-state index contributed by atoms with van der Waals surface area (Å²) in [5.74, 6) is 0.875. The average molecular weight is 570 g/mol. The van der Waals surface area contributed by atoms with Crippen LogP contribution >= 0.6 is 0 Å². The monoisotopic (exact) mass is 570 g/mol. The molecule has 3 heteroatoms. The number of aromatic nitrogens is 2. The summed E-state index contributed by atoms with van der Waals surface area (Å²) in [6.07, 6.45) is 2.05. The van der Waals surface area contributed by atoms with Gasteiger partial charge >= 0.3 is 0 Å². The molecule has 2 heterocycles. The van der Waals surface area contributed by atoms with Crippen molar-refractivity contribution in [3.63, 3.8) is 0 Å². The third-order valence-electron chi connectivity index (χ3n) is 5.91. The summed E-state index contributed by atoms with van der Waals surface area (Å²) in [6, 6.07) is 25.0. The molecule has 0 spiro atoms. The number of imidazole rings is 1. The van der Waals surface area contributed by atoms with Crippen molar-refractivity contribution in [2.24, 2.45) is 0 Å². The third-order valence-corrected chi connectivity index (χ3v) is 5.91. The SMILES string of the molecule is CC(C)c1cccc(C(C)C)c1-c1cnc2c3[c-]cccc3c3ccccc3n12.[Ir]. The first-order valence-corrected chi connectivity index (χ1v) is 10.4. The molecule has 5 aromatic rings. The number of nitrogens with zero attached hydrogens (tertiary/aromatic N) is 2. The second-order valence-corrected chi connectivity index (χ2v) is 8.40. The second-order valence-electron chi connectivity index (χ2n) is 8.40. The van der Waals surface area contributed by atoms with Crippen molar-refractivity contribution in [3.8, 4) is 11.3 Å². The predicted molar refractivity (Wildman–Crippen MR) is 123 cm³/mol. The third kappa shape index (κ3) is 3.09. The predicted octanol–water partition coefficient (Wildman–Crippen LogP) is 7.35. The van der Waals surface area contributed by atoms with Crippen molar-refractivity contribution in [1.29, 1.82) is 0 Å². The maximum absolute atomic E-state index is 4.91. The Bertz CT molecular complexity index is 1340. The van der Waals surface area contributed by atoms with Gasteiger partial charge in [0.25, 0.3) is 0 Å². The zero-order chi connectivity index (χ0) is 20.1. The van der Waals surface area contributed by atoms with E-state index in [4.69, 9.17) is 4.98 Å². The van der Waals surface area contributed by atoms with E-state index in [0.29, 0.717) is 11.8 Å². The van der Waals surface area contributed by atoms with Crippen LogP contribution < -0.4 is 0 Å². The molecule has 30 heavy (non-hydrogen) atoms. The number of pyridine rings is 1. The van der Waals surface area contributed by atoms with Crippen LogP contribution in [0.15, 0.2) is 66.9 Å². The summed E-state index contributed by atoms with van der Waals surface area (Å²) in [4.78, 5) is 4.91. The first kappa shape index (κ1) is 20.8. The molecule has 0 fully saturated rings. The van der Waals surface area contributed by atoms with Gasteiger partial charge in [0, 0.05) is 37.4 Å². The van der Waals surface area contributed by atoms with E-state index in [2.05, 4.69) is 99.0 Å². The van der Waals surface area contributed by atoms with E-state index in [-0.39, 0.29) is 20.1 Å². The zero-order valence-corrected chi connectivity index (χ0v) is 20.1. The second kappa shape index (κ2) is 7.98. The molecular formula is C27H25IrN2-. The van der Waals surface area contributed by atoms with Crippen molar-refractivity contribution in [2.45, 2.75) is 39.5 Å². The average Bonchev–Trinajstić information content (AvgIpc) is 3.18. The zero-order valence-electron chi connectivity index (χ0n) is 17.7. The van der Waals surface area contributed by atoms with Gasteiger partial charge in [-0.05, 0) is 34.4 Å². The first-order chi connectivity index (χ1) is 14.1. The normalized spacial score (nSPS) is 11.7. The molecule has 5 rings (SSSR count). The molecular weight excluding hydrogens is 545 g/mol. The van der Waals surface area contributed by atoms with Crippen molar-refractivity contribution in [2.75, 3.05) is 0 Å². The van der Waals surface area contributed by atoms with Crippen molar-refractivity contribution >= 4 is 27.3 Å². The van der Waals surface area contributed by atoms with Crippen LogP contribution in [-0.4, -0.2) is 9.38 Å². The van der Waals surface area contributed by atoms with Gasteiger partial charge in [0.2, 0.25) is 0 Å². The van der Waals surface area contributed by atoms with E-state index in [1.54, 1.807) is 0 Å². The fourth-order valence-electron chi connectivity index (χ4n) is 4.54. The van der Waals surface area contributed by atoms with E-state index >= 15 is 0 Å². The summed E-state index contributed by atoms with van der Waals surface area (Å²) in [7, 11) is 0. The number of benzene rings is 3. The summed E-state index contributed by atoms with van der Waals surface area (Å²) in [5, 5.41) is 3.51. The Labute approximate surface area is 191 Å². The number of fused-ring (bicyclic) bond motifs is 6. The Morgan fingerprint density at radius 2 is 1.47 bits per heavy atom. The van der Waals surface area contributed by atoms with Crippen LogP contribution in [0.2, 0.25) is 0 Å². The molecule has 2 nitrogen and oxygen atoms in total. The summed E-state index contributed by atoms with van der Waals surface area (Å²) in [5.41, 5.74) is 7.41. The van der Waals surface area contributed by atoms with Crippen molar-refractivity contribution in [1.82, 2.24) is 9.38 Å². The van der Waals surface area contributed by atoms with Gasteiger partial charge in [-0.3, -0.25) is 4.98 Å². The van der Waals surface area contributed by atoms with E-state index in [1.165, 1.54) is 38.7 Å². The summed E-state index contributed by atoms with van der Waals surface area (Å²) >= 11 is 0. The molecule has 0 aliphatic rings. The van der Waals surface area contributed by atoms with Crippen LogP contribution in [-0.2, 0) is 20.1 Å². The molecule has 2 aromatic heterocycles. The molecule has 0 saturated heterocycles. The van der Waals surface area contributed by atoms with Crippen LogP contribution in [0.3, 0.4) is 0 Å². The van der Waals surface area contributed by atoms with Gasteiger partial charge in [0.15, 0.2) is 0 Å². The van der Waals surface area contributed by atoms with Crippen LogP contribution in [0.5, 0.6) is 0 Å². The fraction of sp³-hybridized carbons (Fsp3) is 0.222. The quantitative estimate of drug-likeness (QED) is 0.164. The molecule has 3 aromatic carbocycles. The van der Waals surface area contributed by atoms with Gasteiger partial charge in [0.05, 0.1) is 11.3 Å². The maximum Gasteiger partial charge on any atom is 0.0639 e. The Morgan fingerprint density at radius 3 is 2.17 bits per heavy atom. The number of para-hydroxylation sites is 1. The molecule has 0 atom stereocenters. The Hall–Kier alpha value is -2.48. The van der Waals surface area contributed by atoms with Gasteiger partial charge in [-0.2, -0.15) is 0 Å². The van der Waals surface area contributed by atoms with E-state index in [1.807, 2.05) is 6.07 Å². The Kier molecular flexibility index (Phi) is 5.53. The number of rotatable bonds is 3. The largest absolute Gasteiger partial charge is 0.333 e. The van der Waals surface area contributed by atoms with Crippen LogP contribution in [0, 0.1) is 6.07 Å². The Morgan fingerprint density at radius 1 is 0.800 bits per heavy atom. The minimum Gasteiger partial charge on any atom is -0.333 e. The van der Waals surface area contributed by atoms with Gasteiger partial charge in [0.1, 0.15) is 0 Å². The van der Waals surface area contributed by atoms with Crippen LogP contribution in [0.4, 0.5) is 0 Å². The van der Waals surface area contributed by atoms with Crippen LogP contribution in [0.25, 0.3) is 38.6 Å². The van der Waals surface area contributed by atoms with E-state index < -0.39 is 0 Å². The Balaban J connectivity index is 0.00000218. The number of hydrogen-bond acceptors (Lipinski definition) is 1. The van der Waals surface area contributed by atoms with Crippen LogP contribution in [0.1, 0.15) is 50.7 Å². The minimum absolute atomic E-state index is 0. The van der Waals surface area contributed by atoms with E-state index in [9.17, 15) is 0 Å². The molecule has 0 saturated carbocycles. The van der Waals surface area contributed by atoms with E-state index in [0.717, 1.165) is 11.0 Å². The summed E-state index contributed by atoms with van der Waals surface area (Å²) in [6.45, 7) is 9.09. The summed E-state index contributed by atoms with van der Waals surface area (Å²) < 4.78 is 2.33. The topological polar surface area (TPSA) is 17.3 Å². The number of hydrogen-bond donors (Lipinski definition) is 0. The minimum atomic E-state index is 0. The van der Waals surface area contributed by atoms with Gasteiger partial charge in [-0.1, -0.05) is 69.5 Å². The van der Waals surface area contributed by atoms with Crippen molar-refractivity contribution in [3.05, 3.63) is 84.1 Å². The molecule has 0 N–H and O–H groups in total. The molecule has 153 valence electrons. The molecule has 0 unspecified atom stereocenters. The van der Waals surface area contributed by atoms with Gasteiger partial charge < -0.3 is 4.40 Å².